The number of hydrogen-bond acceptors (Lipinski definition) is 6. The molecule has 8 heteroatoms. The number of amides is 1. The monoisotopic (exact) mass is 367 g/mol. The average Bonchev–Trinajstić information content (AvgIpc) is 3.44. The van der Waals surface area contributed by atoms with E-state index in [1.54, 1.807) is 6.07 Å². The highest BCUT2D eigenvalue weighted by Gasteiger charge is 2.44. The van der Waals surface area contributed by atoms with Crippen molar-refractivity contribution >= 4 is 22.5 Å². The number of H-pyrrole nitrogens is 1. The van der Waals surface area contributed by atoms with Crippen LogP contribution in [0.25, 0.3) is 10.9 Å². The first-order valence-electron chi connectivity index (χ1n) is 9.17. The number of hydrogen-bond donors (Lipinski definition) is 3. The van der Waals surface area contributed by atoms with Crippen molar-refractivity contribution in [2.75, 3.05) is 31.1 Å². The van der Waals surface area contributed by atoms with Crippen LogP contribution in [0, 0.1) is 16.7 Å². The van der Waals surface area contributed by atoms with Crippen molar-refractivity contribution in [3.63, 3.8) is 0 Å². The maximum absolute atomic E-state index is 12.4. The predicted octanol–water partition coefficient (Wildman–Crippen LogP) is 0.897. The SMILES string of the molecule is N#Cc1c(N2CCC3(CC2)CC3)c2cc(C(=O)NCCO)ncc2[nH]c1=O. The molecular formula is C19H21N5O3. The van der Waals surface area contributed by atoms with Gasteiger partial charge in [-0.1, -0.05) is 0 Å². The van der Waals surface area contributed by atoms with Crippen molar-refractivity contribution in [1.82, 2.24) is 15.3 Å². The Kier molecular flexibility index (Phi) is 4.32. The Morgan fingerprint density at radius 1 is 1.37 bits per heavy atom. The highest BCUT2D eigenvalue weighted by atomic mass is 16.3. The molecule has 140 valence electrons. The van der Waals surface area contributed by atoms with Gasteiger partial charge in [0.05, 0.1) is 24.0 Å². The van der Waals surface area contributed by atoms with Gasteiger partial charge in [0.2, 0.25) is 0 Å². The topological polar surface area (TPSA) is 122 Å². The number of nitrogens with one attached hydrogen (secondary N) is 2. The van der Waals surface area contributed by atoms with E-state index in [2.05, 4.69) is 20.2 Å². The van der Waals surface area contributed by atoms with Gasteiger partial charge >= 0.3 is 0 Å². The second-order valence-electron chi connectivity index (χ2n) is 7.37. The van der Waals surface area contributed by atoms with E-state index >= 15 is 0 Å². The number of nitrogens with zero attached hydrogens (tertiary/aromatic N) is 3. The molecule has 1 saturated carbocycles. The molecule has 2 aromatic heterocycles. The zero-order chi connectivity index (χ0) is 19.0. The standard InChI is InChI=1S/C19H21N5O3/c20-10-13-16(24-6-3-19(1-2-19)4-7-24)12-9-14(18(27)21-5-8-25)22-11-15(12)23-17(13)26/h9,11,25H,1-8H2,(H,21,27)(H,23,26). The first-order chi connectivity index (χ1) is 13.1. The van der Waals surface area contributed by atoms with Crippen LogP contribution in [0.2, 0.25) is 0 Å². The van der Waals surface area contributed by atoms with E-state index in [0.29, 0.717) is 22.0 Å². The third kappa shape index (κ3) is 3.15. The lowest BCUT2D eigenvalue weighted by atomic mass is 9.92. The van der Waals surface area contributed by atoms with E-state index in [4.69, 9.17) is 5.11 Å². The van der Waals surface area contributed by atoms with Crippen LogP contribution < -0.4 is 15.8 Å². The first kappa shape index (κ1) is 17.5. The van der Waals surface area contributed by atoms with Gasteiger partial charge in [0, 0.05) is 25.0 Å². The Balaban J connectivity index is 1.79. The molecule has 1 saturated heterocycles. The van der Waals surface area contributed by atoms with Crippen molar-refractivity contribution in [2.24, 2.45) is 5.41 Å². The van der Waals surface area contributed by atoms with Gasteiger partial charge < -0.3 is 20.3 Å². The molecule has 3 N–H and O–H groups in total. The van der Waals surface area contributed by atoms with Crippen LogP contribution in [0.3, 0.4) is 0 Å². The fourth-order valence-electron chi connectivity index (χ4n) is 3.88. The minimum absolute atomic E-state index is 0.0714. The summed E-state index contributed by atoms with van der Waals surface area (Å²) in [6.45, 7) is 1.56. The van der Waals surface area contributed by atoms with Gasteiger partial charge in [-0.2, -0.15) is 5.26 Å². The third-order valence-electron chi connectivity index (χ3n) is 5.71. The molecule has 2 aliphatic rings. The summed E-state index contributed by atoms with van der Waals surface area (Å²) >= 11 is 0. The van der Waals surface area contributed by atoms with Crippen LogP contribution in [-0.2, 0) is 0 Å². The summed E-state index contributed by atoms with van der Waals surface area (Å²) in [6, 6.07) is 3.64. The molecule has 1 aliphatic carbocycles. The van der Waals surface area contributed by atoms with Gasteiger partial charge in [0.15, 0.2) is 0 Å². The molecule has 0 aromatic carbocycles. The van der Waals surface area contributed by atoms with E-state index in [0.717, 1.165) is 25.9 Å². The molecule has 2 fully saturated rings. The summed E-state index contributed by atoms with van der Waals surface area (Å²) in [5.41, 5.74) is 1.37. The van der Waals surface area contributed by atoms with Crippen molar-refractivity contribution < 1.29 is 9.90 Å². The maximum Gasteiger partial charge on any atom is 0.269 e. The predicted molar refractivity (Wildman–Crippen MR) is 99.6 cm³/mol. The molecule has 8 nitrogen and oxygen atoms in total. The summed E-state index contributed by atoms with van der Waals surface area (Å²) in [4.78, 5) is 33.5. The second-order valence-corrected chi connectivity index (χ2v) is 7.37. The molecule has 1 amide bonds. The summed E-state index contributed by atoms with van der Waals surface area (Å²) in [6.07, 6.45) is 6.09. The Labute approximate surface area is 155 Å². The Bertz CT molecular complexity index is 993. The number of aromatic amines is 1. The van der Waals surface area contributed by atoms with Crippen molar-refractivity contribution in [3.8, 4) is 6.07 Å². The summed E-state index contributed by atoms with van der Waals surface area (Å²) in [5.74, 6) is -0.405. The first-order valence-corrected chi connectivity index (χ1v) is 9.17. The fourth-order valence-corrected chi connectivity index (χ4v) is 3.88. The van der Waals surface area contributed by atoms with E-state index in [1.165, 1.54) is 19.0 Å². The number of carbonyl (C=O) groups is 1. The number of anilines is 1. The molecule has 0 unspecified atom stereocenters. The molecule has 0 bridgehead atoms. The smallest absolute Gasteiger partial charge is 0.269 e. The zero-order valence-corrected chi connectivity index (χ0v) is 14.9. The molecule has 0 atom stereocenters. The molecule has 27 heavy (non-hydrogen) atoms. The molecule has 2 aromatic rings. The fraction of sp³-hybridized carbons (Fsp3) is 0.474. The van der Waals surface area contributed by atoms with Gasteiger partial charge in [0.25, 0.3) is 11.5 Å². The second kappa shape index (κ2) is 6.67. The molecule has 3 heterocycles. The Morgan fingerprint density at radius 3 is 2.74 bits per heavy atom. The van der Waals surface area contributed by atoms with Crippen LogP contribution in [0.5, 0.6) is 0 Å². The number of carbonyl (C=O) groups excluding carboxylic acids is 1. The number of aliphatic hydroxyl groups is 1. The van der Waals surface area contributed by atoms with Crippen LogP contribution in [-0.4, -0.2) is 47.2 Å². The Hall–Kier alpha value is -2.92. The summed E-state index contributed by atoms with van der Waals surface area (Å²) < 4.78 is 0. The van der Waals surface area contributed by atoms with Gasteiger partial charge in [-0.25, -0.2) is 4.98 Å². The van der Waals surface area contributed by atoms with Gasteiger partial charge in [-0.3, -0.25) is 9.59 Å². The van der Waals surface area contributed by atoms with E-state index in [1.807, 2.05) is 6.07 Å². The third-order valence-corrected chi connectivity index (χ3v) is 5.71. The number of rotatable bonds is 4. The summed E-state index contributed by atoms with van der Waals surface area (Å²) in [7, 11) is 0. The molecule has 0 radical (unpaired) electrons. The number of aromatic nitrogens is 2. The largest absolute Gasteiger partial charge is 0.395 e. The van der Waals surface area contributed by atoms with E-state index in [9.17, 15) is 14.9 Å². The number of piperidine rings is 1. The normalized spacial score (nSPS) is 17.7. The van der Waals surface area contributed by atoms with Gasteiger partial charge in [-0.15, -0.1) is 0 Å². The molecule has 1 spiro atoms. The molecule has 1 aliphatic heterocycles. The van der Waals surface area contributed by atoms with Crippen LogP contribution >= 0.6 is 0 Å². The van der Waals surface area contributed by atoms with E-state index < -0.39 is 11.5 Å². The van der Waals surface area contributed by atoms with Gasteiger partial charge in [0.1, 0.15) is 17.3 Å². The number of fused-ring (bicyclic) bond motifs is 1. The van der Waals surface area contributed by atoms with Crippen LogP contribution in [0.15, 0.2) is 17.1 Å². The van der Waals surface area contributed by atoms with E-state index in [-0.39, 0.29) is 24.4 Å². The van der Waals surface area contributed by atoms with Crippen LogP contribution in [0.4, 0.5) is 5.69 Å². The zero-order valence-electron chi connectivity index (χ0n) is 14.9. The Morgan fingerprint density at radius 2 is 2.11 bits per heavy atom. The highest BCUT2D eigenvalue weighted by molar-refractivity contribution is 6.00. The quantitative estimate of drug-likeness (QED) is 0.738. The van der Waals surface area contributed by atoms with Crippen molar-refractivity contribution in [3.05, 3.63) is 33.9 Å². The lowest BCUT2D eigenvalue weighted by Gasteiger charge is -2.34. The van der Waals surface area contributed by atoms with Crippen molar-refractivity contribution in [1.29, 1.82) is 5.26 Å². The minimum Gasteiger partial charge on any atom is -0.395 e. The number of aliphatic hydroxyl groups excluding tert-OH is 1. The number of nitriles is 1. The van der Waals surface area contributed by atoms with Crippen LogP contribution in [0.1, 0.15) is 41.7 Å². The lowest BCUT2D eigenvalue weighted by molar-refractivity contribution is 0.0940. The van der Waals surface area contributed by atoms with Gasteiger partial charge in [-0.05, 0) is 37.2 Å². The molecule has 4 rings (SSSR count). The maximum atomic E-state index is 12.4. The van der Waals surface area contributed by atoms with Crippen molar-refractivity contribution in [2.45, 2.75) is 25.7 Å². The average molecular weight is 367 g/mol. The highest BCUT2D eigenvalue weighted by Crippen LogP contribution is 2.54. The number of pyridine rings is 2. The summed E-state index contributed by atoms with van der Waals surface area (Å²) in [5, 5.41) is 21.7. The minimum atomic E-state index is -0.439. The molecular weight excluding hydrogens is 346 g/mol. The lowest BCUT2D eigenvalue weighted by Crippen LogP contribution is -2.36.